The van der Waals surface area contributed by atoms with Crippen LogP contribution in [-0.4, -0.2) is 18.7 Å². The maximum atomic E-state index is 12.4. The summed E-state index contributed by atoms with van der Waals surface area (Å²) in [4.78, 5) is 12.4. The van der Waals surface area contributed by atoms with Crippen LogP contribution in [0.15, 0.2) is 74.7 Å². The average molecular weight is 542 g/mol. The van der Waals surface area contributed by atoms with Crippen molar-refractivity contribution < 1.29 is 18.7 Å². The Balaban J connectivity index is 1.46. The van der Waals surface area contributed by atoms with Crippen molar-refractivity contribution in [3.8, 4) is 11.5 Å². The van der Waals surface area contributed by atoms with Gasteiger partial charge in [0.15, 0.2) is 17.3 Å². The zero-order valence-corrected chi connectivity index (χ0v) is 20.9. The van der Waals surface area contributed by atoms with E-state index in [9.17, 15) is 4.79 Å². The van der Waals surface area contributed by atoms with Gasteiger partial charge in [-0.05, 0) is 61.4 Å². The fraction of sp³-hybridized carbons (Fsp3) is 0.154. The zero-order valence-electron chi connectivity index (χ0n) is 18.6. The Bertz CT molecular complexity index is 1370. The molecule has 0 saturated heterocycles. The Kier molecular flexibility index (Phi) is 7.55. The van der Waals surface area contributed by atoms with Crippen LogP contribution in [0.4, 0.5) is 0 Å². The maximum absolute atomic E-state index is 12.4. The number of ether oxygens (including phenoxy) is 2. The lowest BCUT2D eigenvalue weighted by Gasteiger charge is -2.14. The lowest BCUT2D eigenvalue weighted by Crippen LogP contribution is -2.16. The first-order valence-corrected chi connectivity index (χ1v) is 11.8. The monoisotopic (exact) mass is 540 g/mol. The van der Waals surface area contributed by atoms with Gasteiger partial charge in [0.1, 0.15) is 12.2 Å². The standard InChI is InChI=1S/C26H22BrClN2O4/c1-3-32-23-11-18(10-21(28)25(23)33-15-17-6-4-5-16(2)9-17)14-29-30-26(31)24-13-19-12-20(27)7-8-22(19)34-24/h4-14H,3,15H2,1-2H3,(H,30,31)/b29-14+. The topological polar surface area (TPSA) is 73.1 Å². The quantitative estimate of drug-likeness (QED) is 0.195. The van der Waals surface area contributed by atoms with E-state index in [1.807, 2.05) is 44.2 Å². The minimum Gasteiger partial charge on any atom is -0.490 e. The Hall–Kier alpha value is -3.29. The van der Waals surface area contributed by atoms with Crippen LogP contribution in [0.25, 0.3) is 11.0 Å². The third kappa shape index (κ3) is 5.79. The molecule has 0 spiro atoms. The summed E-state index contributed by atoms with van der Waals surface area (Å²) in [5, 5.41) is 5.23. The summed E-state index contributed by atoms with van der Waals surface area (Å²) >= 11 is 9.89. The molecule has 0 fully saturated rings. The van der Waals surface area contributed by atoms with E-state index in [1.165, 1.54) is 6.21 Å². The number of amides is 1. The molecule has 1 amide bonds. The summed E-state index contributed by atoms with van der Waals surface area (Å²) in [5.74, 6) is 0.661. The van der Waals surface area contributed by atoms with Crippen molar-refractivity contribution in [2.45, 2.75) is 20.5 Å². The van der Waals surface area contributed by atoms with Crippen LogP contribution in [-0.2, 0) is 6.61 Å². The van der Waals surface area contributed by atoms with E-state index >= 15 is 0 Å². The second kappa shape index (κ2) is 10.8. The summed E-state index contributed by atoms with van der Waals surface area (Å²) in [7, 11) is 0. The van der Waals surface area contributed by atoms with Gasteiger partial charge in [0.25, 0.3) is 0 Å². The molecule has 0 aliphatic rings. The second-order valence-electron chi connectivity index (χ2n) is 7.53. The molecule has 6 nitrogen and oxygen atoms in total. The number of aryl methyl sites for hydroxylation is 1. The second-order valence-corrected chi connectivity index (χ2v) is 8.86. The number of carbonyl (C=O) groups excluding carboxylic acids is 1. The summed E-state index contributed by atoms with van der Waals surface area (Å²) in [6.45, 7) is 4.71. The molecule has 3 aromatic carbocycles. The third-order valence-corrected chi connectivity index (χ3v) is 5.65. The highest BCUT2D eigenvalue weighted by Crippen LogP contribution is 2.37. The zero-order chi connectivity index (χ0) is 24.1. The Morgan fingerprint density at radius 2 is 2.00 bits per heavy atom. The molecule has 4 rings (SSSR count). The molecule has 0 radical (unpaired) electrons. The van der Waals surface area contributed by atoms with Gasteiger partial charge in [0.05, 0.1) is 17.8 Å². The van der Waals surface area contributed by atoms with Crippen molar-refractivity contribution in [2.75, 3.05) is 6.61 Å². The van der Waals surface area contributed by atoms with E-state index in [2.05, 4.69) is 32.5 Å². The van der Waals surface area contributed by atoms with Crippen LogP contribution in [0.2, 0.25) is 5.02 Å². The molecule has 4 aromatic rings. The van der Waals surface area contributed by atoms with Gasteiger partial charge in [-0.3, -0.25) is 4.79 Å². The van der Waals surface area contributed by atoms with Crippen molar-refractivity contribution in [3.05, 3.63) is 92.6 Å². The molecule has 8 heteroatoms. The molecule has 0 bridgehead atoms. The number of rotatable bonds is 8. The molecule has 1 N–H and O–H groups in total. The molecule has 1 aromatic heterocycles. The lowest BCUT2D eigenvalue weighted by atomic mass is 10.1. The average Bonchev–Trinajstić information content (AvgIpc) is 3.22. The minimum atomic E-state index is -0.460. The molecule has 0 unspecified atom stereocenters. The molecule has 0 saturated carbocycles. The van der Waals surface area contributed by atoms with E-state index < -0.39 is 5.91 Å². The number of hydrazone groups is 1. The number of halogens is 2. The number of fused-ring (bicyclic) bond motifs is 1. The first-order valence-electron chi connectivity index (χ1n) is 10.6. The first kappa shape index (κ1) is 23.9. The minimum absolute atomic E-state index is 0.165. The van der Waals surface area contributed by atoms with Gasteiger partial charge in [0, 0.05) is 9.86 Å². The van der Waals surface area contributed by atoms with Crippen LogP contribution in [0.1, 0.15) is 34.2 Å². The highest BCUT2D eigenvalue weighted by molar-refractivity contribution is 9.10. The van der Waals surface area contributed by atoms with Crippen molar-refractivity contribution in [3.63, 3.8) is 0 Å². The van der Waals surface area contributed by atoms with Crippen molar-refractivity contribution in [1.82, 2.24) is 5.43 Å². The van der Waals surface area contributed by atoms with Gasteiger partial charge in [-0.25, -0.2) is 5.43 Å². The fourth-order valence-corrected chi connectivity index (χ4v) is 4.02. The van der Waals surface area contributed by atoms with Crippen molar-refractivity contribution >= 4 is 50.6 Å². The van der Waals surface area contributed by atoms with E-state index in [0.29, 0.717) is 40.9 Å². The number of hydrogen-bond donors (Lipinski definition) is 1. The van der Waals surface area contributed by atoms with Crippen LogP contribution in [0.5, 0.6) is 11.5 Å². The summed E-state index contributed by atoms with van der Waals surface area (Å²) in [6.07, 6.45) is 1.48. The largest absolute Gasteiger partial charge is 0.490 e. The van der Waals surface area contributed by atoms with E-state index in [4.69, 9.17) is 25.5 Å². The molecule has 1 heterocycles. The van der Waals surface area contributed by atoms with Crippen molar-refractivity contribution in [1.29, 1.82) is 0 Å². The van der Waals surface area contributed by atoms with Gasteiger partial charge in [0.2, 0.25) is 0 Å². The first-order chi connectivity index (χ1) is 16.4. The lowest BCUT2D eigenvalue weighted by molar-refractivity contribution is 0.0929. The van der Waals surface area contributed by atoms with Crippen LogP contribution >= 0.6 is 27.5 Å². The van der Waals surface area contributed by atoms with Crippen molar-refractivity contribution in [2.24, 2.45) is 5.10 Å². The van der Waals surface area contributed by atoms with Gasteiger partial charge < -0.3 is 13.9 Å². The summed E-state index contributed by atoms with van der Waals surface area (Å²) in [6, 6.07) is 18.7. The number of nitrogens with one attached hydrogen (secondary N) is 1. The number of furan rings is 1. The van der Waals surface area contributed by atoms with Gasteiger partial charge in [-0.1, -0.05) is 57.4 Å². The van der Waals surface area contributed by atoms with Crippen LogP contribution in [0, 0.1) is 6.92 Å². The SMILES string of the molecule is CCOc1cc(/C=N/NC(=O)c2cc3cc(Br)ccc3o2)cc(Cl)c1OCc1cccc(C)c1. The highest BCUT2D eigenvalue weighted by atomic mass is 79.9. The molecule has 34 heavy (non-hydrogen) atoms. The molecular formula is C26H22BrClN2O4. The third-order valence-electron chi connectivity index (χ3n) is 4.88. The molecule has 0 aliphatic heterocycles. The molecule has 0 aliphatic carbocycles. The maximum Gasteiger partial charge on any atom is 0.307 e. The van der Waals surface area contributed by atoms with Crippen LogP contribution < -0.4 is 14.9 Å². The smallest absolute Gasteiger partial charge is 0.307 e. The highest BCUT2D eigenvalue weighted by Gasteiger charge is 2.14. The Labute approximate surface area is 210 Å². The molecule has 174 valence electrons. The van der Waals surface area contributed by atoms with Gasteiger partial charge in [-0.2, -0.15) is 5.10 Å². The van der Waals surface area contributed by atoms with Gasteiger partial charge >= 0.3 is 5.91 Å². The number of nitrogens with zero attached hydrogens (tertiary/aromatic N) is 1. The predicted octanol–water partition coefficient (Wildman–Crippen LogP) is 6.90. The van der Waals surface area contributed by atoms with Crippen LogP contribution in [0.3, 0.4) is 0 Å². The molecule has 0 atom stereocenters. The molecular weight excluding hydrogens is 520 g/mol. The Morgan fingerprint density at radius 1 is 1.15 bits per heavy atom. The number of carbonyl (C=O) groups is 1. The number of hydrogen-bond acceptors (Lipinski definition) is 5. The summed E-state index contributed by atoms with van der Waals surface area (Å²) in [5.41, 5.74) is 5.92. The fourth-order valence-electron chi connectivity index (χ4n) is 3.37. The van der Waals surface area contributed by atoms with E-state index in [0.717, 1.165) is 21.0 Å². The predicted molar refractivity (Wildman–Crippen MR) is 137 cm³/mol. The van der Waals surface area contributed by atoms with Gasteiger partial charge in [-0.15, -0.1) is 0 Å². The van der Waals surface area contributed by atoms with E-state index in [1.54, 1.807) is 24.3 Å². The normalized spacial score (nSPS) is 11.2. The summed E-state index contributed by atoms with van der Waals surface area (Å²) < 4.78 is 18.2. The van der Waals surface area contributed by atoms with E-state index in [-0.39, 0.29) is 5.76 Å². The Morgan fingerprint density at radius 3 is 2.79 bits per heavy atom. The number of benzene rings is 3.